The predicted molar refractivity (Wildman–Crippen MR) is 45.7 cm³/mol. The van der Waals surface area contributed by atoms with Crippen LogP contribution in [0.3, 0.4) is 0 Å². The first kappa shape index (κ1) is 9.66. The Labute approximate surface area is 63.3 Å². The molecule has 0 radical (unpaired) electrons. The largest absolute Gasteiger partial charge is 0.328 e. The minimum absolute atomic E-state index is 0.222. The van der Waals surface area contributed by atoms with Crippen LogP contribution >= 0.6 is 0 Å². The Kier molecular flexibility index (Phi) is 5.26. The molecule has 0 bridgehead atoms. The fourth-order valence-corrected chi connectivity index (χ4v) is 0.885. The van der Waals surface area contributed by atoms with E-state index in [0.717, 1.165) is 12.8 Å². The second-order valence-corrected chi connectivity index (χ2v) is 2.78. The Hall–Kier alpha value is -0.340. The minimum Gasteiger partial charge on any atom is -0.328 e. The molecule has 0 fully saturated rings. The molecule has 0 rings (SSSR count). The van der Waals surface area contributed by atoms with E-state index in [9.17, 15) is 0 Å². The zero-order chi connectivity index (χ0) is 7.98. The van der Waals surface area contributed by atoms with Gasteiger partial charge in [-0.25, -0.2) is 0 Å². The quantitative estimate of drug-likeness (QED) is 0.576. The van der Waals surface area contributed by atoms with E-state index in [1.54, 1.807) is 0 Å². The molecule has 0 saturated carbocycles. The summed E-state index contributed by atoms with van der Waals surface area (Å²) in [6.45, 7) is 3.98. The van der Waals surface area contributed by atoms with E-state index in [0.29, 0.717) is 0 Å². The zero-order valence-corrected chi connectivity index (χ0v) is 6.88. The lowest BCUT2D eigenvalue weighted by Gasteiger charge is -2.10. The van der Waals surface area contributed by atoms with Crippen LogP contribution in [0.25, 0.3) is 0 Å². The molecular weight excluding hydrogens is 124 g/mol. The average Bonchev–Trinajstić information content (AvgIpc) is 1.82. The van der Waals surface area contributed by atoms with Crippen molar-refractivity contribution in [2.45, 2.75) is 38.8 Å². The Bertz CT molecular complexity index is 97.4. The molecule has 2 atom stereocenters. The second-order valence-electron chi connectivity index (χ2n) is 2.78. The van der Waals surface area contributed by atoms with Gasteiger partial charge in [-0.15, -0.1) is 0 Å². The molecular formula is C8H18N2. The third kappa shape index (κ3) is 5.79. The molecule has 0 amide bonds. The summed E-state index contributed by atoms with van der Waals surface area (Å²) in [6, 6.07) is 0.455. The summed E-state index contributed by atoms with van der Waals surface area (Å²) in [7, 11) is 0. The summed E-state index contributed by atoms with van der Waals surface area (Å²) >= 11 is 0. The molecule has 0 aromatic heterocycles. The van der Waals surface area contributed by atoms with Gasteiger partial charge in [0.15, 0.2) is 0 Å². The summed E-state index contributed by atoms with van der Waals surface area (Å²) in [4.78, 5) is 0. The van der Waals surface area contributed by atoms with Crippen molar-refractivity contribution in [2.75, 3.05) is 0 Å². The van der Waals surface area contributed by atoms with Crippen molar-refractivity contribution in [3.63, 3.8) is 0 Å². The molecule has 0 aliphatic rings. The van der Waals surface area contributed by atoms with Gasteiger partial charge in [0, 0.05) is 12.1 Å². The van der Waals surface area contributed by atoms with Crippen molar-refractivity contribution in [3.8, 4) is 0 Å². The number of rotatable bonds is 4. The van der Waals surface area contributed by atoms with E-state index in [4.69, 9.17) is 11.5 Å². The molecule has 2 nitrogen and oxygen atoms in total. The molecule has 0 aromatic rings. The molecule has 0 saturated heterocycles. The van der Waals surface area contributed by atoms with Gasteiger partial charge in [-0.3, -0.25) is 0 Å². The van der Waals surface area contributed by atoms with Gasteiger partial charge in [0.1, 0.15) is 0 Å². The van der Waals surface area contributed by atoms with Gasteiger partial charge in [0.2, 0.25) is 0 Å². The standard InChI is InChI=1S/C8H18N2/c1-3-4-5-8(10)6-7(2)9/h3-4,7-8H,5-6,9-10H2,1-2H3. The van der Waals surface area contributed by atoms with Crippen molar-refractivity contribution in [1.82, 2.24) is 0 Å². The van der Waals surface area contributed by atoms with Crippen molar-refractivity contribution < 1.29 is 0 Å². The molecule has 2 unspecified atom stereocenters. The maximum absolute atomic E-state index is 5.73. The van der Waals surface area contributed by atoms with E-state index in [1.165, 1.54) is 0 Å². The highest BCUT2D eigenvalue weighted by Gasteiger charge is 2.01. The van der Waals surface area contributed by atoms with Crippen LogP contribution in [0, 0.1) is 0 Å². The van der Waals surface area contributed by atoms with Crippen molar-refractivity contribution in [3.05, 3.63) is 12.2 Å². The number of hydrogen-bond acceptors (Lipinski definition) is 2. The topological polar surface area (TPSA) is 52.0 Å². The normalized spacial score (nSPS) is 17.6. The average molecular weight is 142 g/mol. The second kappa shape index (κ2) is 5.45. The lowest BCUT2D eigenvalue weighted by atomic mass is 10.1. The number of allylic oxidation sites excluding steroid dienone is 1. The van der Waals surface area contributed by atoms with Crippen LogP contribution in [0.4, 0.5) is 0 Å². The molecule has 0 aliphatic carbocycles. The van der Waals surface area contributed by atoms with Gasteiger partial charge in [-0.1, -0.05) is 12.2 Å². The molecule has 0 aromatic carbocycles. The first-order chi connectivity index (χ1) is 4.66. The first-order valence-electron chi connectivity index (χ1n) is 3.79. The molecule has 0 aliphatic heterocycles. The van der Waals surface area contributed by atoms with Gasteiger partial charge in [0.25, 0.3) is 0 Å². The van der Waals surface area contributed by atoms with Crippen molar-refractivity contribution in [1.29, 1.82) is 0 Å². The first-order valence-corrected chi connectivity index (χ1v) is 3.79. The summed E-state index contributed by atoms with van der Waals surface area (Å²) in [6.07, 6.45) is 5.94. The highest BCUT2D eigenvalue weighted by atomic mass is 14.7. The third-order valence-corrected chi connectivity index (χ3v) is 1.35. The van der Waals surface area contributed by atoms with Crippen LogP contribution in [-0.4, -0.2) is 12.1 Å². The SMILES string of the molecule is CC=CCC(N)CC(C)N. The van der Waals surface area contributed by atoms with E-state index >= 15 is 0 Å². The van der Waals surface area contributed by atoms with Gasteiger partial charge >= 0.3 is 0 Å². The summed E-state index contributed by atoms with van der Waals surface area (Å²) in [5.74, 6) is 0. The maximum Gasteiger partial charge on any atom is 0.00880 e. The van der Waals surface area contributed by atoms with Crippen LogP contribution in [0.1, 0.15) is 26.7 Å². The van der Waals surface area contributed by atoms with Crippen LogP contribution < -0.4 is 11.5 Å². The Morgan fingerprint density at radius 2 is 2.00 bits per heavy atom. The molecule has 4 N–H and O–H groups in total. The predicted octanol–water partition coefficient (Wildman–Crippen LogP) is 1.02. The van der Waals surface area contributed by atoms with Gasteiger partial charge in [-0.2, -0.15) is 0 Å². The monoisotopic (exact) mass is 142 g/mol. The van der Waals surface area contributed by atoms with Gasteiger partial charge in [-0.05, 0) is 26.7 Å². The fourth-order valence-electron chi connectivity index (χ4n) is 0.885. The van der Waals surface area contributed by atoms with Crippen molar-refractivity contribution in [2.24, 2.45) is 11.5 Å². The van der Waals surface area contributed by atoms with Crippen LogP contribution in [0.2, 0.25) is 0 Å². The molecule has 60 valence electrons. The van der Waals surface area contributed by atoms with E-state index in [2.05, 4.69) is 6.08 Å². The van der Waals surface area contributed by atoms with Crippen LogP contribution in [0.5, 0.6) is 0 Å². The number of hydrogen-bond donors (Lipinski definition) is 2. The zero-order valence-electron chi connectivity index (χ0n) is 6.88. The maximum atomic E-state index is 5.73. The Morgan fingerprint density at radius 3 is 2.40 bits per heavy atom. The van der Waals surface area contributed by atoms with Gasteiger partial charge in [0.05, 0.1) is 0 Å². The molecule has 2 heteroatoms. The smallest absolute Gasteiger partial charge is 0.00880 e. The van der Waals surface area contributed by atoms with E-state index < -0.39 is 0 Å². The third-order valence-electron chi connectivity index (χ3n) is 1.35. The highest BCUT2D eigenvalue weighted by Crippen LogP contribution is 1.98. The fraction of sp³-hybridized carbons (Fsp3) is 0.750. The summed E-state index contributed by atoms with van der Waals surface area (Å²) < 4.78 is 0. The number of nitrogens with two attached hydrogens (primary N) is 2. The molecule has 0 heterocycles. The lowest BCUT2D eigenvalue weighted by Crippen LogP contribution is -2.28. The lowest BCUT2D eigenvalue weighted by molar-refractivity contribution is 0.551. The minimum atomic E-state index is 0.222. The summed E-state index contributed by atoms with van der Waals surface area (Å²) in [5, 5.41) is 0. The van der Waals surface area contributed by atoms with E-state index in [1.807, 2.05) is 19.9 Å². The Balaban J connectivity index is 3.33. The van der Waals surface area contributed by atoms with Crippen LogP contribution in [-0.2, 0) is 0 Å². The Morgan fingerprint density at radius 1 is 1.40 bits per heavy atom. The van der Waals surface area contributed by atoms with Crippen molar-refractivity contribution >= 4 is 0 Å². The molecule has 10 heavy (non-hydrogen) atoms. The molecule has 0 spiro atoms. The van der Waals surface area contributed by atoms with Crippen LogP contribution in [0.15, 0.2) is 12.2 Å². The summed E-state index contributed by atoms with van der Waals surface area (Å²) in [5.41, 5.74) is 11.3. The van der Waals surface area contributed by atoms with Gasteiger partial charge < -0.3 is 11.5 Å². The van der Waals surface area contributed by atoms with E-state index in [-0.39, 0.29) is 12.1 Å². The highest BCUT2D eigenvalue weighted by molar-refractivity contribution is 4.82.